The highest BCUT2D eigenvalue weighted by Crippen LogP contribution is 2.41. The fourth-order valence-electron chi connectivity index (χ4n) is 2.41. The van der Waals surface area contributed by atoms with Crippen molar-refractivity contribution in [2.24, 2.45) is 5.92 Å². The number of rotatable bonds is 6. The summed E-state index contributed by atoms with van der Waals surface area (Å²) in [5.41, 5.74) is 0.0731. The summed E-state index contributed by atoms with van der Waals surface area (Å²) in [6, 6.07) is 0. The fourth-order valence-corrected chi connectivity index (χ4v) is 2.56. The molecule has 106 valence electrons. The first-order valence-electron chi connectivity index (χ1n) is 6.59. The second kappa shape index (κ2) is 5.51. The second-order valence-corrected chi connectivity index (χ2v) is 5.38. The SMILES string of the molecule is CCOC(=O)C(Cn1cc(Cl)c(C)n1)(NC)C1CC1. The molecule has 0 amide bonds. The van der Waals surface area contributed by atoms with Gasteiger partial charge in [0.25, 0.3) is 0 Å². The van der Waals surface area contributed by atoms with Crippen LogP contribution in [-0.2, 0) is 16.1 Å². The predicted molar refractivity (Wildman–Crippen MR) is 73.1 cm³/mol. The molecule has 1 aliphatic carbocycles. The topological polar surface area (TPSA) is 56.2 Å². The summed E-state index contributed by atoms with van der Waals surface area (Å²) >= 11 is 6.02. The smallest absolute Gasteiger partial charge is 0.328 e. The number of likely N-dealkylation sites (N-methyl/N-ethyl adjacent to an activating group) is 1. The Hall–Kier alpha value is -1.07. The van der Waals surface area contributed by atoms with Crippen LogP contribution in [0.5, 0.6) is 0 Å². The van der Waals surface area contributed by atoms with Crippen molar-refractivity contribution in [2.75, 3.05) is 13.7 Å². The summed E-state index contributed by atoms with van der Waals surface area (Å²) in [7, 11) is 1.80. The van der Waals surface area contributed by atoms with Gasteiger partial charge in [-0.05, 0) is 39.7 Å². The van der Waals surface area contributed by atoms with Crippen molar-refractivity contribution in [2.45, 2.75) is 38.8 Å². The lowest BCUT2D eigenvalue weighted by Gasteiger charge is -2.31. The molecule has 1 N–H and O–H groups in total. The monoisotopic (exact) mass is 285 g/mol. The fraction of sp³-hybridized carbons (Fsp3) is 0.692. The van der Waals surface area contributed by atoms with Crippen LogP contribution in [0.1, 0.15) is 25.5 Å². The number of carbonyl (C=O) groups excluding carboxylic acids is 1. The maximum Gasteiger partial charge on any atom is 0.328 e. The highest BCUT2D eigenvalue weighted by atomic mass is 35.5. The van der Waals surface area contributed by atoms with E-state index >= 15 is 0 Å². The third-order valence-corrected chi connectivity index (χ3v) is 4.03. The Morgan fingerprint density at radius 2 is 2.37 bits per heavy atom. The molecular formula is C13H20ClN3O2. The first kappa shape index (κ1) is 14.3. The summed E-state index contributed by atoms with van der Waals surface area (Å²) in [6.45, 7) is 4.50. The maximum absolute atomic E-state index is 12.3. The Morgan fingerprint density at radius 1 is 1.68 bits per heavy atom. The van der Waals surface area contributed by atoms with Crippen molar-refractivity contribution in [3.05, 3.63) is 16.9 Å². The lowest BCUT2D eigenvalue weighted by atomic mass is 9.93. The molecule has 1 aliphatic rings. The summed E-state index contributed by atoms with van der Waals surface area (Å²) in [5, 5.41) is 8.11. The van der Waals surface area contributed by atoms with Crippen molar-refractivity contribution in [3.8, 4) is 0 Å². The van der Waals surface area contributed by atoms with E-state index in [0.717, 1.165) is 18.5 Å². The average molecular weight is 286 g/mol. The summed E-state index contributed by atoms with van der Waals surface area (Å²) in [4.78, 5) is 12.3. The minimum atomic E-state index is -0.697. The van der Waals surface area contributed by atoms with Gasteiger partial charge in [-0.1, -0.05) is 11.6 Å². The van der Waals surface area contributed by atoms with Gasteiger partial charge >= 0.3 is 5.97 Å². The molecule has 1 aromatic heterocycles. The summed E-state index contributed by atoms with van der Waals surface area (Å²) < 4.78 is 6.96. The molecule has 5 nitrogen and oxygen atoms in total. The minimum absolute atomic E-state index is 0.204. The van der Waals surface area contributed by atoms with Crippen molar-refractivity contribution in [3.63, 3.8) is 0 Å². The highest BCUT2D eigenvalue weighted by molar-refractivity contribution is 6.31. The van der Waals surface area contributed by atoms with Gasteiger partial charge in [0.2, 0.25) is 0 Å². The number of esters is 1. The number of nitrogens with zero attached hydrogens (tertiary/aromatic N) is 2. The van der Waals surface area contributed by atoms with Crippen LogP contribution in [0.4, 0.5) is 0 Å². The molecule has 1 fully saturated rings. The molecule has 0 spiro atoms. The van der Waals surface area contributed by atoms with Crippen LogP contribution in [0.15, 0.2) is 6.20 Å². The Kier molecular flexibility index (Phi) is 4.16. The van der Waals surface area contributed by atoms with E-state index in [1.807, 2.05) is 13.8 Å². The molecule has 0 bridgehead atoms. The van der Waals surface area contributed by atoms with Crippen LogP contribution in [0.2, 0.25) is 5.02 Å². The van der Waals surface area contributed by atoms with E-state index in [1.54, 1.807) is 17.9 Å². The number of hydrogen-bond donors (Lipinski definition) is 1. The van der Waals surface area contributed by atoms with E-state index in [0.29, 0.717) is 24.1 Å². The number of halogens is 1. The number of aromatic nitrogens is 2. The summed E-state index contributed by atoms with van der Waals surface area (Å²) in [6.07, 6.45) is 3.83. The normalized spacial score (nSPS) is 18.1. The average Bonchev–Trinajstić information content (AvgIpc) is 3.16. The molecule has 1 aromatic rings. The van der Waals surface area contributed by atoms with Gasteiger partial charge in [0.15, 0.2) is 0 Å². The van der Waals surface area contributed by atoms with E-state index in [1.165, 1.54) is 0 Å². The molecule has 1 saturated carbocycles. The predicted octanol–water partition coefficient (Wildman–Crippen LogP) is 1.78. The molecular weight excluding hydrogens is 266 g/mol. The maximum atomic E-state index is 12.3. The molecule has 2 rings (SSSR count). The lowest BCUT2D eigenvalue weighted by molar-refractivity contribution is -0.153. The standard InChI is InChI=1S/C13H20ClN3O2/c1-4-19-12(18)13(15-3,10-5-6-10)8-17-7-11(14)9(2)16-17/h7,10,15H,4-6,8H2,1-3H3. The molecule has 0 radical (unpaired) electrons. The van der Waals surface area contributed by atoms with Crippen LogP contribution in [0, 0.1) is 12.8 Å². The van der Waals surface area contributed by atoms with E-state index in [9.17, 15) is 4.79 Å². The van der Waals surface area contributed by atoms with Crippen molar-refractivity contribution < 1.29 is 9.53 Å². The van der Waals surface area contributed by atoms with Gasteiger partial charge < -0.3 is 10.1 Å². The van der Waals surface area contributed by atoms with Crippen LogP contribution >= 0.6 is 11.6 Å². The Labute approximate surface area is 118 Å². The molecule has 0 aromatic carbocycles. The zero-order valence-corrected chi connectivity index (χ0v) is 12.3. The Balaban J connectivity index is 2.24. The number of ether oxygens (including phenoxy) is 1. The zero-order valence-electron chi connectivity index (χ0n) is 11.6. The van der Waals surface area contributed by atoms with Crippen molar-refractivity contribution in [1.29, 1.82) is 0 Å². The molecule has 1 heterocycles. The molecule has 6 heteroatoms. The molecule has 1 atom stereocenters. The summed E-state index contributed by atoms with van der Waals surface area (Å²) in [5.74, 6) is 0.101. The molecule has 0 aliphatic heterocycles. The lowest BCUT2D eigenvalue weighted by Crippen LogP contribution is -2.56. The van der Waals surface area contributed by atoms with Gasteiger partial charge in [-0.15, -0.1) is 0 Å². The molecule has 1 unspecified atom stereocenters. The third kappa shape index (κ3) is 2.77. The minimum Gasteiger partial charge on any atom is -0.465 e. The van der Waals surface area contributed by atoms with Gasteiger partial charge in [0, 0.05) is 6.20 Å². The third-order valence-electron chi connectivity index (χ3n) is 3.66. The van der Waals surface area contributed by atoms with E-state index < -0.39 is 5.54 Å². The van der Waals surface area contributed by atoms with Gasteiger partial charge in [-0.2, -0.15) is 5.10 Å². The van der Waals surface area contributed by atoms with Gasteiger partial charge in [0.05, 0.1) is 23.9 Å². The Morgan fingerprint density at radius 3 is 2.79 bits per heavy atom. The number of hydrogen-bond acceptors (Lipinski definition) is 4. The van der Waals surface area contributed by atoms with E-state index in [4.69, 9.17) is 16.3 Å². The largest absolute Gasteiger partial charge is 0.465 e. The van der Waals surface area contributed by atoms with Crippen LogP contribution in [0.25, 0.3) is 0 Å². The number of nitrogens with one attached hydrogen (secondary N) is 1. The number of carbonyl (C=O) groups is 1. The van der Waals surface area contributed by atoms with Crippen LogP contribution in [-0.4, -0.2) is 34.9 Å². The first-order valence-corrected chi connectivity index (χ1v) is 6.97. The van der Waals surface area contributed by atoms with Crippen molar-refractivity contribution in [1.82, 2.24) is 15.1 Å². The van der Waals surface area contributed by atoms with E-state index in [-0.39, 0.29) is 5.97 Å². The van der Waals surface area contributed by atoms with Crippen molar-refractivity contribution >= 4 is 17.6 Å². The second-order valence-electron chi connectivity index (χ2n) is 4.98. The van der Waals surface area contributed by atoms with E-state index in [2.05, 4.69) is 10.4 Å². The highest BCUT2D eigenvalue weighted by Gasteiger charge is 2.51. The molecule has 0 saturated heterocycles. The zero-order chi connectivity index (χ0) is 14.0. The quantitative estimate of drug-likeness (QED) is 0.810. The van der Waals surface area contributed by atoms with Gasteiger partial charge in [-0.3, -0.25) is 4.68 Å². The first-order chi connectivity index (χ1) is 9.03. The Bertz CT molecular complexity index is 451. The molecule has 19 heavy (non-hydrogen) atoms. The van der Waals surface area contributed by atoms with Crippen LogP contribution < -0.4 is 5.32 Å². The van der Waals surface area contributed by atoms with Gasteiger partial charge in [-0.25, -0.2) is 4.79 Å². The van der Waals surface area contributed by atoms with Gasteiger partial charge in [0.1, 0.15) is 5.54 Å². The number of aryl methyl sites for hydroxylation is 1. The van der Waals surface area contributed by atoms with Crippen LogP contribution in [0.3, 0.4) is 0 Å².